The molecule has 3 nitrogen and oxygen atoms in total. The predicted octanol–water partition coefficient (Wildman–Crippen LogP) is 2.09. The van der Waals surface area contributed by atoms with Crippen molar-refractivity contribution in [1.82, 2.24) is 10.3 Å². The van der Waals surface area contributed by atoms with Crippen molar-refractivity contribution in [2.24, 2.45) is 5.92 Å². The first-order valence-corrected chi connectivity index (χ1v) is 6.07. The van der Waals surface area contributed by atoms with Gasteiger partial charge in [0.05, 0.1) is 5.69 Å². The Hall–Kier alpha value is -0.830. The third kappa shape index (κ3) is 2.23. The number of nitrogens with zero attached hydrogens (tertiary/aromatic N) is 1. The minimum Gasteiger partial charge on any atom is -0.448 e. The third-order valence-corrected chi connectivity index (χ3v) is 3.45. The maximum Gasteiger partial charge on any atom is 0.197 e. The van der Waals surface area contributed by atoms with Crippen LogP contribution in [-0.2, 0) is 6.42 Å². The zero-order valence-electron chi connectivity index (χ0n) is 9.04. The Morgan fingerprint density at radius 1 is 1.27 bits per heavy atom. The molecule has 0 atom stereocenters. The van der Waals surface area contributed by atoms with Gasteiger partial charge in [-0.1, -0.05) is 0 Å². The Labute approximate surface area is 90.3 Å². The second-order valence-corrected chi connectivity index (χ2v) is 4.85. The zero-order chi connectivity index (χ0) is 10.1. The van der Waals surface area contributed by atoms with E-state index in [2.05, 4.69) is 10.3 Å². The molecule has 1 aromatic rings. The van der Waals surface area contributed by atoms with Crippen molar-refractivity contribution in [3.63, 3.8) is 0 Å². The van der Waals surface area contributed by atoms with Crippen LogP contribution in [0.25, 0.3) is 0 Å². The van der Waals surface area contributed by atoms with Crippen LogP contribution in [0.4, 0.5) is 0 Å². The molecule has 1 N–H and O–H groups in total. The monoisotopic (exact) mass is 206 g/mol. The summed E-state index contributed by atoms with van der Waals surface area (Å²) in [5, 5.41) is 3.39. The van der Waals surface area contributed by atoms with Crippen molar-refractivity contribution in [3.8, 4) is 0 Å². The quantitative estimate of drug-likeness (QED) is 0.823. The van der Waals surface area contributed by atoms with Gasteiger partial charge in [0.25, 0.3) is 0 Å². The van der Waals surface area contributed by atoms with Crippen molar-refractivity contribution in [3.05, 3.63) is 17.8 Å². The molecule has 2 fully saturated rings. The van der Waals surface area contributed by atoms with Crippen LogP contribution >= 0.6 is 0 Å². The smallest absolute Gasteiger partial charge is 0.197 e. The highest BCUT2D eigenvalue weighted by atomic mass is 16.3. The largest absolute Gasteiger partial charge is 0.448 e. The topological polar surface area (TPSA) is 38.1 Å². The summed E-state index contributed by atoms with van der Waals surface area (Å²) in [6, 6.07) is 0. The van der Waals surface area contributed by atoms with Gasteiger partial charge in [0.2, 0.25) is 0 Å². The van der Waals surface area contributed by atoms with Crippen LogP contribution in [0.3, 0.4) is 0 Å². The molecule has 82 valence electrons. The minimum atomic E-state index is 0.645. The molecule has 0 amide bonds. The van der Waals surface area contributed by atoms with Crippen LogP contribution in [-0.4, -0.2) is 18.1 Å². The fourth-order valence-electron chi connectivity index (χ4n) is 2.32. The van der Waals surface area contributed by atoms with E-state index >= 15 is 0 Å². The van der Waals surface area contributed by atoms with Crippen molar-refractivity contribution in [2.75, 3.05) is 13.1 Å². The molecule has 2 aliphatic rings. The molecule has 0 radical (unpaired) electrons. The van der Waals surface area contributed by atoms with E-state index in [1.165, 1.54) is 31.4 Å². The van der Waals surface area contributed by atoms with E-state index in [0.717, 1.165) is 31.3 Å². The second kappa shape index (κ2) is 3.97. The number of oxazole rings is 1. The number of hydrogen-bond acceptors (Lipinski definition) is 3. The SMILES string of the molecule is c1oc(C2CC2)nc1CC1CCNCC1. The molecule has 1 saturated heterocycles. The Morgan fingerprint density at radius 3 is 2.80 bits per heavy atom. The minimum absolute atomic E-state index is 0.645. The van der Waals surface area contributed by atoms with Crippen LogP contribution in [0.2, 0.25) is 0 Å². The highest BCUT2D eigenvalue weighted by molar-refractivity contribution is 5.06. The number of nitrogens with one attached hydrogen (secondary N) is 1. The molecule has 1 aromatic heterocycles. The number of hydrogen-bond donors (Lipinski definition) is 1. The lowest BCUT2D eigenvalue weighted by atomic mass is 9.93. The van der Waals surface area contributed by atoms with Gasteiger partial charge in [0.15, 0.2) is 5.89 Å². The van der Waals surface area contributed by atoms with Crippen molar-refractivity contribution >= 4 is 0 Å². The van der Waals surface area contributed by atoms with E-state index in [0.29, 0.717) is 5.92 Å². The van der Waals surface area contributed by atoms with Crippen molar-refractivity contribution in [1.29, 1.82) is 0 Å². The molecule has 0 unspecified atom stereocenters. The fraction of sp³-hybridized carbons (Fsp3) is 0.750. The summed E-state index contributed by atoms with van der Waals surface area (Å²) < 4.78 is 5.50. The molecular weight excluding hydrogens is 188 g/mol. The van der Waals surface area contributed by atoms with E-state index in [-0.39, 0.29) is 0 Å². The van der Waals surface area contributed by atoms with Gasteiger partial charge in [0, 0.05) is 5.92 Å². The lowest BCUT2D eigenvalue weighted by Gasteiger charge is -2.21. The average molecular weight is 206 g/mol. The van der Waals surface area contributed by atoms with Gasteiger partial charge in [-0.25, -0.2) is 4.98 Å². The Bertz CT molecular complexity index is 324. The summed E-state index contributed by atoms with van der Waals surface area (Å²) in [4.78, 5) is 4.58. The van der Waals surface area contributed by atoms with E-state index in [4.69, 9.17) is 4.42 Å². The molecule has 1 aliphatic carbocycles. The summed E-state index contributed by atoms with van der Waals surface area (Å²) in [7, 11) is 0. The highest BCUT2D eigenvalue weighted by Crippen LogP contribution is 2.39. The lowest BCUT2D eigenvalue weighted by Crippen LogP contribution is -2.28. The lowest BCUT2D eigenvalue weighted by molar-refractivity contribution is 0.370. The summed E-state index contributed by atoms with van der Waals surface area (Å²) in [6.45, 7) is 2.33. The van der Waals surface area contributed by atoms with Crippen LogP contribution < -0.4 is 5.32 Å². The molecule has 15 heavy (non-hydrogen) atoms. The molecular formula is C12H18N2O. The summed E-state index contributed by atoms with van der Waals surface area (Å²) in [6.07, 6.45) is 8.09. The second-order valence-electron chi connectivity index (χ2n) is 4.85. The van der Waals surface area contributed by atoms with Gasteiger partial charge in [-0.3, -0.25) is 0 Å². The Morgan fingerprint density at radius 2 is 2.07 bits per heavy atom. The van der Waals surface area contributed by atoms with Gasteiger partial charge >= 0.3 is 0 Å². The molecule has 0 bridgehead atoms. The first kappa shape index (κ1) is 9.40. The molecule has 3 rings (SSSR count). The van der Waals surface area contributed by atoms with E-state index in [9.17, 15) is 0 Å². The van der Waals surface area contributed by atoms with E-state index in [1.807, 2.05) is 6.26 Å². The Kier molecular flexibility index (Phi) is 2.49. The first-order chi connectivity index (χ1) is 7.42. The van der Waals surface area contributed by atoms with Crippen LogP contribution in [0.5, 0.6) is 0 Å². The van der Waals surface area contributed by atoms with Crippen molar-refractivity contribution in [2.45, 2.75) is 38.0 Å². The predicted molar refractivity (Wildman–Crippen MR) is 57.8 cm³/mol. The summed E-state index contributed by atoms with van der Waals surface area (Å²) in [5.41, 5.74) is 1.17. The molecule has 0 aromatic carbocycles. The van der Waals surface area contributed by atoms with Gasteiger partial charge in [0.1, 0.15) is 6.26 Å². The molecule has 1 saturated carbocycles. The summed E-state index contributed by atoms with van der Waals surface area (Å²) in [5.74, 6) is 2.44. The molecule has 3 heteroatoms. The number of aromatic nitrogens is 1. The van der Waals surface area contributed by atoms with Gasteiger partial charge in [-0.05, 0) is 51.1 Å². The molecule has 2 heterocycles. The van der Waals surface area contributed by atoms with Crippen LogP contribution in [0, 0.1) is 5.92 Å². The van der Waals surface area contributed by atoms with E-state index < -0.39 is 0 Å². The van der Waals surface area contributed by atoms with Gasteiger partial charge in [-0.15, -0.1) is 0 Å². The standard InChI is InChI=1S/C12H18N2O/c1-2-10(1)12-14-11(8-15-12)7-9-3-5-13-6-4-9/h8-10,13H,1-7H2. The molecule has 1 aliphatic heterocycles. The maximum atomic E-state index is 5.50. The maximum absolute atomic E-state index is 5.50. The highest BCUT2D eigenvalue weighted by Gasteiger charge is 2.28. The van der Waals surface area contributed by atoms with Gasteiger partial charge < -0.3 is 9.73 Å². The third-order valence-electron chi connectivity index (χ3n) is 3.45. The van der Waals surface area contributed by atoms with Gasteiger partial charge in [-0.2, -0.15) is 0 Å². The average Bonchev–Trinajstić information content (AvgIpc) is 3.02. The summed E-state index contributed by atoms with van der Waals surface area (Å²) >= 11 is 0. The van der Waals surface area contributed by atoms with Crippen LogP contribution in [0.1, 0.15) is 43.2 Å². The Balaban J connectivity index is 1.60. The van der Waals surface area contributed by atoms with E-state index in [1.54, 1.807) is 0 Å². The van der Waals surface area contributed by atoms with Crippen LogP contribution in [0.15, 0.2) is 10.7 Å². The zero-order valence-corrected chi connectivity index (χ0v) is 9.04. The first-order valence-electron chi connectivity index (χ1n) is 6.07. The normalized spacial score (nSPS) is 23.2. The number of rotatable bonds is 3. The fourth-order valence-corrected chi connectivity index (χ4v) is 2.32. The number of piperidine rings is 1. The van der Waals surface area contributed by atoms with Crippen molar-refractivity contribution < 1.29 is 4.42 Å². The molecule has 0 spiro atoms.